The van der Waals surface area contributed by atoms with Crippen LogP contribution in [0.4, 0.5) is 5.69 Å². The molecule has 144 valence electrons. The van der Waals surface area contributed by atoms with E-state index in [-0.39, 0.29) is 11.8 Å². The Balaban J connectivity index is 1.97. The van der Waals surface area contributed by atoms with E-state index in [2.05, 4.69) is 5.32 Å². The number of hydrogen-bond acceptors (Lipinski definition) is 4. The number of carbonyl (C=O) groups excluding carboxylic acids is 2. The highest BCUT2D eigenvalue weighted by Gasteiger charge is 2.17. The van der Waals surface area contributed by atoms with Crippen LogP contribution in [0.15, 0.2) is 42.5 Å². The van der Waals surface area contributed by atoms with Gasteiger partial charge in [-0.3, -0.25) is 4.79 Å². The SMILES string of the molecule is Cc1cccc(NC(=O)c2ccc(OC(C)C(=O)OCC(C)C)cc2)c1C. The molecule has 2 rings (SSSR count). The lowest BCUT2D eigenvalue weighted by molar-refractivity contribution is -0.152. The summed E-state index contributed by atoms with van der Waals surface area (Å²) in [6.07, 6.45) is -0.710. The number of hydrogen-bond donors (Lipinski definition) is 1. The smallest absolute Gasteiger partial charge is 0.347 e. The van der Waals surface area contributed by atoms with Crippen molar-refractivity contribution in [2.45, 2.75) is 40.7 Å². The van der Waals surface area contributed by atoms with E-state index in [4.69, 9.17) is 9.47 Å². The number of carbonyl (C=O) groups is 2. The average Bonchev–Trinajstić information content (AvgIpc) is 2.63. The molecule has 5 nitrogen and oxygen atoms in total. The van der Waals surface area contributed by atoms with E-state index in [1.54, 1.807) is 31.2 Å². The van der Waals surface area contributed by atoms with Gasteiger partial charge in [-0.2, -0.15) is 0 Å². The molecule has 0 saturated carbocycles. The number of nitrogens with one attached hydrogen (secondary N) is 1. The van der Waals surface area contributed by atoms with Crippen LogP contribution in [-0.4, -0.2) is 24.6 Å². The number of anilines is 1. The molecule has 2 aromatic carbocycles. The van der Waals surface area contributed by atoms with Gasteiger partial charge in [-0.15, -0.1) is 0 Å². The third-order valence-electron chi connectivity index (χ3n) is 4.17. The van der Waals surface area contributed by atoms with E-state index >= 15 is 0 Å². The lowest BCUT2D eigenvalue weighted by Gasteiger charge is -2.15. The van der Waals surface area contributed by atoms with Crippen molar-refractivity contribution in [1.29, 1.82) is 0 Å². The van der Waals surface area contributed by atoms with Crippen molar-refractivity contribution < 1.29 is 19.1 Å². The first-order chi connectivity index (χ1) is 12.8. The molecule has 0 aliphatic rings. The van der Waals surface area contributed by atoms with Gasteiger partial charge in [0.2, 0.25) is 0 Å². The second kappa shape index (κ2) is 9.21. The normalized spacial score (nSPS) is 11.8. The quantitative estimate of drug-likeness (QED) is 0.729. The molecule has 1 amide bonds. The third kappa shape index (κ3) is 5.84. The van der Waals surface area contributed by atoms with Crippen LogP contribution in [0.3, 0.4) is 0 Å². The van der Waals surface area contributed by atoms with Crippen molar-refractivity contribution in [3.63, 3.8) is 0 Å². The van der Waals surface area contributed by atoms with Crippen LogP contribution in [0.1, 0.15) is 42.3 Å². The number of aryl methyl sites for hydroxylation is 1. The van der Waals surface area contributed by atoms with Crippen LogP contribution in [0.25, 0.3) is 0 Å². The second-order valence-electron chi connectivity index (χ2n) is 7.01. The zero-order valence-electron chi connectivity index (χ0n) is 16.5. The predicted octanol–water partition coefficient (Wildman–Crippen LogP) is 4.52. The summed E-state index contributed by atoms with van der Waals surface area (Å²) < 4.78 is 10.7. The highest BCUT2D eigenvalue weighted by atomic mass is 16.6. The van der Waals surface area contributed by atoms with Gasteiger partial charge in [0.05, 0.1) is 6.61 Å². The molecule has 27 heavy (non-hydrogen) atoms. The molecule has 0 aliphatic carbocycles. The lowest BCUT2D eigenvalue weighted by Crippen LogP contribution is -2.27. The van der Waals surface area contributed by atoms with Crippen molar-refractivity contribution >= 4 is 17.6 Å². The van der Waals surface area contributed by atoms with Gasteiger partial charge in [-0.25, -0.2) is 4.79 Å². The summed E-state index contributed by atoms with van der Waals surface area (Å²) in [5.74, 6) is 0.184. The molecular formula is C22H27NO4. The summed E-state index contributed by atoms with van der Waals surface area (Å²) in [6.45, 7) is 9.93. The fourth-order valence-corrected chi connectivity index (χ4v) is 2.38. The molecule has 0 spiro atoms. The average molecular weight is 369 g/mol. The minimum Gasteiger partial charge on any atom is -0.479 e. The standard InChI is InChI=1S/C22H27NO4/c1-14(2)13-26-22(25)17(5)27-19-11-9-18(10-12-19)21(24)23-20-8-6-7-15(3)16(20)4/h6-12,14,17H,13H2,1-5H3,(H,23,24). The lowest BCUT2D eigenvalue weighted by atomic mass is 10.1. The fourth-order valence-electron chi connectivity index (χ4n) is 2.38. The van der Waals surface area contributed by atoms with Gasteiger partial charge >= 0.3 is 5.97 Å². The largest absolute Gasteiger partial charge is 0.479 e. The fraction of sp³-hybridized carbons (Fsp3) is 0.364. The van der Waals surface area contributed by atoms with Crippen molar-refractivity contribution in [3.8, 4) is 5.75 Å². The van der Waals surface area contributed by atoms with Crippen molar-refractivity contribution in [1.82, 2.24) is 0 Å². The minimum absolute atomic E-state index is 0.195. The molecule has 1 atom stereocenters. The highest BCUT2D eigenvalue weighted by molar-refractivity contribution is 6.04. The van der Waals surface area contributed by atoms with E-state index in [9.17, 15) is 9.59 Å². The van der Waals surface area contributed by atoms with E-state index in [0.717, 1.165) is 16.8 Å². The molecule has 0 fully saturated rings. The molecule has 0 bridgehead atoms. The molecule has 0 aliphatic heterocycles. The monoisotopic (exact) mass is 369 g/mol. The minimum atomic E-state index is -0.710. The summed E-state index contributed by atoms with van der Waals surface area (Å²) in [5, 5.41) is 2.92. The molecule has 1 N–H and O–H groups in total. The van der Waals surface area contributed by atoms with E-state index in [1.165, 1.54) is 0 Å². The van der Waals surface area contributed by atoms with Gasteiger partial charge in [0.25, 0.3) is 5.91 Å². The Labute approximate surface area is 160 Å². The van der Waals surface area contributed by atoms with Crippen LogP contribution in [0.2, 0.25) is 0 Å². The van der Waals surface area contributed by atoms with Gasteiger partial charge in [-0.05, 0) is 68.1 Å². The Morgan fingerprint density at radius 2 is 1.67 bits per heavy atom. The Bertz CT molecular complexity index is 796. The van der Waals surface area contributed by atoms with Crippen LogP contribution >= 0.6 is 0 Å². The molecule has 0 heterocycles. The zero-order chi connectivity index (χ0) is 20.0. The summed E-state index contributed by atoms with van der Waals surface area (Å²) in [5.41, 5.74) is 3.47. The van der Waals surface area contributed by atoms with E-state index in [1.807, 2.05) is 45.9 Å². The molecule has 0 saturated heterocycles. The summed E-state index contributed by atoms with van der Waals surface area (Å²) >= 11 is 0. The Morgan fingerprint density at radius 3 is 2.30 bits per heavy atom. The predicted molar refractivity (Wildman–Crippen MR) is 106 cm³/mol. The molecule has 1 unspecified atom stereocenters. The number of benzene rings is 2. The molecule has 5 heteroatoms. The number of esters is 1. The van der Waals surface area contributed by atoms with Crippen molar-refractivity contribution in [2.24, 2.45) is 5.92 Å². The first-order valence-electron chi connectivity index (χ1n) is 9.09. The first kappa shape index (κ1) is 20.5. The van der Waals surface area contributed by atoms with Crippen LogP contribution in [0.5, 0.6) is 5.75 Å². The van der Waals surface area contributed by atoms with Gasteiger partial charge in [0.1, 0.15) is 5.75 Å². The number of amides is 1. The van der Waals surface area contributed by atoms with Gasteiger partial charge in [-0.1, -0.05) is 26.0 Å². The topological polar surface area (TPSA) is 64.6 Å². The van der Waals surface area contributed by atoms with Crippen molar-refractivity contribution in [2.75, 3.05) is 11.9 Å². The maximum Gasteiger partial charge on any atom is 0.347 e. The van der Waals surface area contributed by atoms with E-state index in [0.29, 0.717) is 17.9 Å². The van der Waals surface area contributed by atoms with Crippen LogP contribution in [0, 0.1) is 19.8 Å². The molecular weight excluding hydrogens is 342 g/mol. The number of rotatable bonds is 7. The molecule has 0 radical (unpaired) electrons. The number of ether oxygens (including phenoxy) is 2. The highest BCUT2D eigenvalue weighted by Crippen LogP contribution is 2.20. The van der Waals surface area contributed by atoms with Gasteiger partial charge < -0.3 is 14.8 Å². The second-order valence-corrected chi connectivity index (χ2v) is 7.01. The van der Waals surface area contributed by atoms with Crippen molar-refractivity contribution in [3.05, 3.63) is 59.2 Å². The molecule has 2 aromatic rings. The van der Waals surface area contributed by atoms with Crippen LogP contribution in [-0.2, 0) is 9.53 Å². The van der Waals surface area contributed by atoms with Gasteiger partial charge in [0.15, 0.2) is 6.10 Å². The maximum atomic E-state index is 12.4. The Hall–Kier alpha value is -2.82. The summed E-state index contributed by atoms with van der Waals surface area (Å²) in [6, 6.07) is 12.5. The Kier molecular flexibility index (Phi) is 6.99. The summed E-state index contributed by atoms with van der Waals surface area (Å²) in [4.78, 5) is 24.3. The maximum absolute atomic E-state index is 12.4. The first-order valence-corrected chi connectivity index (χ1v) is 9.09. The zero-order valence-corrected chi connectivity index (χ0v) is 16.5. The summed E-state index contributed by atoms with van der Waals surface area (Å²) in [7, 11) is 0. The Morgan fingerprint density at radius 1 is 1.00 bits per heavy atom. The molecule has 0 aromatic heterocycles. The third-order valence-corrected chi connectivity index (χ3v) is 4.17. The van der Waals surface area contributed by atoms with E-state index < -0.39 is 12.1 Å². The van der Waals surface area contributed by atoms with Crippen LogP contribution < -0.4 is 10.1 Å². The van der Waals surface area contributed by atoms with Gasteiger partial charge in [0, 0.05) is 11.3 Å².